The Morgan fingerprint density at radius 3 is 2.75 bits per heavy atom. The second-order valence-corrected chi connectivity index (χ2v) is 6.03. The summed E-state index contributed by atoms with van der Waals surface area (Å²) in [4.78, 5) is 16.7. The van der Waals surface area contributed by atoms with Crippen molar-refractivity contribution in [2.45, 2.75) is 20.4 Å². The van der Waals surface area contributed by atoms with E-state index in [0.29, 0.717) is 16.4 Å². The monoisotopic (exact) mass is 337 g/mol. The van der Waals surface area contributed by atoms with E-state index >= 15 is 0 Å². The van der Waals surface area contributed by atoms with Crippen LogP contribution in [-0.4, -0.2) is 20.7 Å². The minimum atomic E-state index is -0.272. The molecule has 1 amide bonds. The number of carbonyl (C=O) groups is 1. The average molecular weight is 337 g/mol. The lowest BCUT2D eigenvalue weighted by molar-refractivity contribution is 0.102. The standard InChI is InChI=1S/C17H15N5OS/c1-3-22-11(2)8-14(21-22)16(23)20-17-19-15(10-24-17)13-6-4-12(9-18)5-7-13/h4-8,10H,3H2,1-2H3,(H,19,20,23). The normalized spacial score (nSPS) is 10.4. The quantitative estimate of drug-likeness (QED) is 0.790. The van der Waals surface area contributed by atoms with Gasteiger partial charge in [-0.15, -0.1) is 11.3 Å². The highest BCUT2D eigenvalue weighted by Crippen LogP contribution is 2.25. The van der Waals surface area contributed by atoms with Crippen molar-refractivity contribution in [2.24, 2.45) is 0 Å². The van der Waals surface area contributed by atoms with Gasteiger partial charge in [0.25, 0.3) is 5.91 Å². The molecule has 0 radical (unpaired) electrons. The summed E-state index contributed by atoms with van der Waals surface area (Å²) in [6.07, 6.45) is 0. The fourth-order valence-electron chi connectivity index (χ4n) is 2.28. The summed E-state index contributed by atoms with van der Waals surface area (Å²) in [5.41, 5.74) is 3.58. The minimum absolute atomic E-state index is 0.272. The van der Waals surface area contributed by atoms with Gasteiger partial charge in [0.15, 0.2) is 10.8 Å². The number of thiazole rings is 1. The van der Waals surface area contributed by atoms with Gasteiger partial charge in [-0.3, -0.25) is 14.8 Å². The smallest absolute Gasteiger partial charge is 0.277 e. The number of carbonyl (C=O) groups excluding carboxylic acids is 1. The average Bonchev–Trinajstić information content (AvgIpc) is 3.21. The highest BCUT2D eigenvalue weighted by atomic mass is 32.1. The molecule has 0 saturated carbocycles. The highest BCUT2D eigenvalue weighted by Gasteiger charge is 2.14. The van der Waals surface area contributed by atoms with E-state index < -0.39 is 0 Å². The van der Waals surface area contributed by atoms with Gasteiger partial charge >= 0.3 is 0 Å². The number of nitrogens with zero attached hydrogens (tertiary/aromatic N) is 4. The Bertz CT molecular complexity index is 917. The van der Waals surface area contributed by atoms with Crippen molar-refractivity contribution in [2.75, 3.05) is 5.32 Å². The summed E-state index contributed by atoms with van der Waals surface area (Å²) in [6.45, 7) is 4.62. The van der Waals surface area contributed by atoms with E-state index in [1.165, 1.54) is 11.3 Å². The number of amides is 1. The Balaban J connectivity index is 1.75. The van der Waals surface area contributed by atoms with Crippen molar-refractivity contribution in [1.29, 1.82) is 5.26 Å². The molecule has 120 valence electrons. The minimum Gasteiger partial charge on any atom is -0.296 e. The fourth-order valence-corrected chi connectivity index (χ4v) is 3.00. The Morgan fingerprint density at radius 2 is 2.12 bits per heavy atom. The number of rotatable bonds is 4. The molecule has 3 rings (SSSR count). The van der Waals surface area contributed by atoms with Crippen LogP contribution in [-0.2, 0) is 6.54 Å². The Hall–Kier alpha value is -2.98. The van der Waals surface area contributed by atoms with Gasteiger partial charge in [-0.25, -0.2) is 4.98 Å². The first-order valence-electron chi connectivity index (χ1n) is 7.42. The fraction of sp³-hybridized carbons (Fsp3) is 0.176. The number of hydrogen-bond acceptors (Lipinski definition) is 5. The van der Waals surface area contributed by atoms with Crippen LogP contribution in [0.3, 0.4) is 0 Å². The van der Waals surface area contributed by atoms with Gasteiger partial charge in [0.1, 0.15) is 0 Å². The Kier molecular flexibility index (Phi) is 4.40. The van der Waals surface area contributed by atoms with Gasteiger partial charge in [0, 0.05) is 23.2 Å². The summed E-state index contributed by atoms with van der Waals surface area (Å²) in [5, 5.41) is 18.3. The molecular weight excluding hydrogens is 322 g/mol. The molecule has 1 aromatic carbocycles. The highest BCUT2D eigenvalue weighted by molar-refractivity contribution is 7.14. The molecule has 0 aliphatic carbocycles. The molecule has 0 bridgehead atoms. The largest absolute Gasteiger partial charge is 0.296 e. The van der Waals surface area contributed by atoms with Crippen molar-refractivity contribution in [3.8, 4) is 17.3 Å². The van der Waals surface area contributed by atoms with Crippen LogP contribution in [0.25, 0.3) is 11.3 Å². The number of aromatic nitrogens is 3. The molecule has 1 N–H and O–H groups in total. The summed E-state index contributed by atoms with van der Waals surface area (Å²) >= 11 is 1.35. The molecular formula is C17H15N5OS. The second-order valence-electron chi connectivity index (χ2n) is 5.17. The van der Waals surface area contributed by atoms with E-state index in [4.69, 9.17) is 5.26 Å². The molecule has 0 atom stereocenters. The first kappa shape index (κ1) is 15.9. The molecule has 7 heteroatoms. The van der Waals surface area contributed by atoms with Crippen LogP contribution < -0.4 is 5.32 Å². The topological polar surface area (TPSA) is 83.6 Å². The third-order valence-electron chi connectivity index (χ3n) is 3.55. The number of nitriles is 1. The van der Waals surface area contributed by atoms with Gasteiger partial charge in [-0.05, 0) is 32.0 Å². The van der Waals surface area contributed by atoms with E-state index in [1.807, 2.05) is 31.4 Å². The van der Waals surface area contributed by atoms with E-state index in [2.05, 4.69) is 21.5 Å². The molecule has 0 aliphatic heterocycles. The van der Waals surface area contributed by atoms with E-state index in [9.17, 15) is 4.79 Å². The molecule has 3 aromatic rings. The van der Waals surface area contributed by atoms with Gasteiger partial charge in [-0.2, -0.15) is 10.4 Å². The number of nitrogens with one attached hydrogen (secondary N) is 1. The van der Waals surface area contributed by atoms with Crippen molar-refractivity contribution in [3.63, 3.8) is 0 Å². The SMILES string of the molecule is CCn1nc(C(=O)Nc2nc(-c3ccc(C#N)cc3)cs2)cc1C. The van der Waals surface area contributed by atoms with E-state index in [1.54, 1.807) is 22.9 Å². The maximum absolute atomic E-state index is 12.3. The van der Waals surface area contributed by atoms with Crippen LogP contribution >= 0.6 is 11.3 Å². The van der Waals surface area contributed by atoms with E-state index in [0.717, 1.165) is 23.5 Å². The van der Waals surface area contributed by atoms with Crippen LogP contribution in [0.15, 0.2) is 35.7 Å². The van der Waals surface area contributed by atoms with Gasteiger partial charge in [-0.1, -0.05) is 12.1 Å². The summed E-state index contributed by atoms with van der Waals surface area (Å²) in [6, 6.07) is 11.0. The van der Waals surface area contributed by atoms with Crippen molar-refractivity contribution in [3.05, 3.63) is 52.7 Å². The maximum Gasteiger partial charge on any atom is 0.277 e. The van der Waals surface area contributed by atoms with Gasteiger partial charge in [0.05, 0.1) is 17.3 Å². The van der Waals surface area contributed by atoms with Crippen LogP contribution in [0.5, 0.6) is 0 Å². The molecule has 2 aromatic heterocycles. The number of anilines is 1. The van der Waals surface area contributed by atoms with Gasteiger partial charge < -0.3 is 0 Å². The third-order valence-corrected chi connectivity index (χ3v) is 4.31. The lowest BCUT2D eigenvalue weighted by atomic mass is 10.1. The third kappa shape index (κ3) is 3.19. The number of hydrogen-bond donors (Lipinski definition) is 1. The first-order chi connectivity index (χ1) is 11.6. The Labute approximate surface area is 143 Å². The van der Waals surface area contributed by atoms with Gasteiger partial charge in [0.2, 0.25) is 0 Å². The Morgan fingerprint density at radius 1 is 1.38 bits per heavy atom. The zero-order chi connectivity index (χ0) is 17.1. The summed E-state index contributed by atoms with van der Waals surface area (Å²) < 4.78 is 1.78. The van der Waals surface area contributed by atoms with Crippen LogP contribution in [0.4, 0.5) is 5.13 Å². The molecule has 24 heavy (non-hydrogen) atoms. The maximum atomic E-state index is 12.3. The van der Waals surface area contributed by atoms with Crippen molar-refractivity contribution in [1.82, 2.24) is 14.8 Å². The molecule has 0 unspecified atom stereocenters. The lowest BCUT2D eigenvalue weighted by Gasteiger charge is -1.99. The lowest BCUT2D eigenvalue weighted by Crippen LogP contribution is -2.13. The molecule has 0 aliphatic rings. The predicted octanol–water partition coefficient (Wildman–Crippen LogP) is 3.46. The summed E-state index contributed by atoms with van der Waals surface area (Å²) in [7, 11) is 0. The van der Waals surface area contributed by atoms with Crippen molar-refractivity contribution >= 4 is 22.4 Å². The molecule has 0 saturated heterocycles. The number of benzene rings is 1. The van der Waals surface area contributed by atoms with Crippen LogP contribution in [0.1, 0.15) is 28.7 Å². The molecule has 0 spiro atoms. The first-order valence-corrected chi connectivity index (χ1v) is 8.30. The summed E-state index contributed by atoms with van der Waals surface area (Å²) in [5.74, 6) is -0.272. The zero-order valence-electron chi connectivity index (χ0n) is 13.3. The molecule has 0 fully saturated rings. The second kappa shape index (κ2) is 6.64. The predicted molar refractivity (Wildman–Crippen MR) is 92.9 cm³/mol. The molecule has 6 nitrogen and oxygen atoms in total. The van der Waals surface area contributed by atoms with E-state index in [-0.39, 0.29) is 5.91 Å². The molecule has 2 heterocycles. The zero-order valence-corrected chi connectivity index (χ0v) is 14.1. The number of aryl methyl sites for hydroxylation is 2. The van der Waals surface area contributed by atoms with Crippen LogP contribution in [0, 0.1) is 18.3 Å². The van der Waals surface area contributed by atoms with Crippen LogP contribution in [0.2, 0.25) is 0 Å². The van der Waals surface area contributed by atoms with Crippen molar-refractivity contribution < 1.29 is 4.79 Å².